The second kappa shape index (κ2) is 8.22. The molecule has 8 heteroatoms. The van der Waals surface area contributed by atoms with E-state index in [0.29, 0.717) is 27.0 Å². The second-order valence-corrected chi connectivity index (χ2v) is 9.84. The van der Waals surface area contributed by atoms with Crippen LogP contribution < -0.4 is 14.9 Å². The van der Waals surface area contributed by atoms with E-state index >= 15 is 0 Å². The van der Waals surface area contributed by atoms with Gasteiger partial charge in [-0.15, -0.1) is 11.3 Å². The summed E-state index contributed by atoms with van der Waals surface area (Å²) in [7, 11) is 1.35. The summed E-state index contributed by atoms with van der Waals surface area (Å²) in [6.07, 6.45) is 2.44. The first-order valence-electron chi connectivity index (χ1n) is 8.97. The Balaban J connectivity index is 2.01. The number of thiazole rings is 1. The molecule has 3 heterocycles. The van der Waals surface area contributed by atoms with Crippen LogP contribution in [0.25, 0.3) is 6.08 Å². The number of hydrogen-bond donors (Lipinski definition) is 0. The summed E-state index contributed by atoms with van der Waals surface area (Å²) < 4.78 is 8.25. The second-order valence-electron chi connectivity index (χ2n) is 6.34. The van der Waals surface area contributed by atoms with Crippen LogP contribution in [0.4, 0.5) is 0 Å². The normalized spacial score (nSPS) is 16.5. The Morgan fingerprint density at radius 1 is 1.24 bits per heavy atom. The van der Waals surface area contributed by atoms with E-state index in [4.69, 9.17) is 4.74 Å². The third-order valence-electron chi connectivity index (χ3n) is 4.63. The summed E-state index contributed by atoms with van der Waals surface area (Å²) in [5, 5.41) is 0. The fourth-order valence-corrected chi connectivity index (χ4v) is 5.80. The molecule has 1 atom stereocenters. The highest BCUT2D eigenvalue weighted by Crippen LogP contribution is 2.31. The molecule has 1 aliphatic rings. The quantitative estimate of drug-likeness (QED) is 0.526. The van der Waals surface area contributed by atoms with Crippen LogP contribution in [0.5, 0.6) is 0 Å². The van der Waals surface area contributed by atoms with Crippen molar-refractivity contribution < 1.29 is 9.53 Å². The number of fused-ring (bicyclic) bond motifs is 1. The molecule has 0 unspecified atom stereocenters. The summed E-state index contributed by atoms with van der Waals surface area (Å²) >= 11 is 6.34. The van der Waals surface area contributed by atoms with Gasteiger partial charge in [0.15, 0.2) is 4.80 Å². The Bertz CT molecular complexity index is 1290. The Morgan fingerprint density at radius 2 is 2.00 bits per heavy atom. The lowest BCUT2D eigenvalue weighted by Gasteiger charge is -2.25. The fourth-order valence-electron chi connectivity index (χ4n) is 3.35. The number of halogens is 1. The highest BCUT2D eigenvalue weighted by molar-refractivity contribution is 9.11. The average Bonchev–Trinajstić information content (AvgIpc) is 3.29. The molecular weight excluding hydrogens is 472 g/mol. The van der Waals surface area contributed by atoms with E-state index in [1.807, 2.05) is 55.5 Å². The molecule has 0 aliphatic carbocycles. The maximum Gasteiger partial charge on any atom is 0.338 e. The molecule has 148 valence electrons. The molecule has 0 radical (unpaired) electrons. The topological polar surface area (TPSA) is 60.7 Å². The third kappa shape index (κ3) is 3.68. The number of carbonyl (C=O) groups is 1. The number of thiophene rings is 1. The van der Waals surface area contributed by atoms with Crippen LogP contribution in [0.2, 0.25) is 0 Å². The lowest BCUT2D eigenvalue weighted by molar-refractivity contribution is -0.136. The highest BCUT2D eigenvalue weighted by atomic mass is 79.9. The Kier molecular flexibility index (Phi) is 5.67. The largest absolute Gasteiger partial charge is 0.466 e. The van der Waals surface area contributed by atoms with E-state index in [9.17, 15) is 9.59 Å². The maximum absolute atomic E-state index is 13.4. The van der Waals surface area contributed by atoms with Gasteiger partial charge in [-0.1, -0.05) is 48.6 Å². The fraction of sp³-hybridized carbons (Fsp3) is 0.190. The lowest BCUT2D eigenvalue weighted by Crippen LogP contribution is -2.40. The van der Waals surface area contributed by atoms with Gasteiger partial charge in [0.2, 0.25) is 0 Å². The van der Waals surface area contributed by atoms with Gasteiger partial charge in [-0.2, -0.15) is 0 Å². The molecule has 5 nitrogen and oxygen atoms in total. The summed E-state index contributed by atoms with van der Waals surface area (Å²) in [5.41, 5.74) is 1.75. The monoisotopic (exact) mass is 488 g/mol. The number of nitrogens with zero attached hydrogens (tertiary/aromatic N) is 2. The zero-order valence-corrected chi connectivity index (χ0v) is 18.9. The number of ether oxygens (including phenoxy) is 1. The number of carbonyl (C=O) groups excluding carboxylic acids is 1. The molecule has 29 heavy (non-hydrogen) atoms. The summed E-state index contributed by atoms with van der Waals surface area (Å²) in [6.45, 7) is 1.95. The first-order chi connectivity index (χ1) is 14.0. The predicted octanol–water partition coefficient (Wildman–Crippen LogP) is 3.62. The van der Waals surface area contributed by atoms with Crippen LogP contribution in [-0.4, -0.2) is 17.6 Å². The summed E-state index contributed by atoms with van der Waals surface area (Å²) in [5.74, 6) is -0.462. The van der Waals surface area contributed by atoms with Gasteiger partial charge in [-0.05, 0) is 46.1 Å². The highest BCUT2D eigenvalue weighted by Gasteiger charge is 2.33. The van der Waals surface area contributed by atoms with E-state index in [2.05, 4.69) is 20.9 Å². The minimum absolute atomic E-state index is 0.163. The smallest absolute Gasteiger partial charge is 0.338 e. The average molecular weight is 489 g/mol. The van der Waals surface area contributed by atoms with Crippen molar-refractivity contribution in [1.82, 2.24) is 4.57 Å². The number of aromatic nitrogens is 1. The van der Waals surface area contributed by atoms with Gasteiger partial charge < -0.3 is 4.74 Å². The number of esters is 1. The molecule has 1 aromatic carbocycles. The minimum Gasteiger partial charge on any atom is -0.466 e. The molecule has 0 fully saturated rings. The van der Waals surface area contributed by atoms with Crippen molar-refractivity contribution in [2.75, 3.05) is 7.11 Å². The van der Waals surface area contributed by atoms with Crippen molar-refractivity contribution in [2.45, 2.75) is 19.4 Å². The van der Waals surface area contributed by atoms with Crippen LogP contribution in [0.1, 0.15) is 29.8 Å². The zero-order chi connectivity index (χ0) is 20.5. The van der Waals surface area contributed by atoms with Crippen LogP contribution >= 0.6 is 38.6 Å². The lowest BCUT2D eigenvalue weighted by atomic mass is 9.95. The Hall–Kier alpha value is -2.29. The van der Waals surface area contributed by atoms with Crippen LogP contribution in [0, 0.1) is 0 Å². The molecule has 0 saturated carbocycles. The van der Waals surface area contributed by atoms with Crippen LogP contribution in [0.3, 0.4) is 0 Å². The van der Waals surface area contributed by atoms with Gasteiger partial charge in [0, 0.05) is 4.88 Å². The summed E-state index contributed by atoms with van der Waals surface area (Å²) in [6, 6.07) is 12.9. The van der Waals surface area contributed by atoms with Gasteiger partial charge in [0.05, 0.1) is 32.7 Å². The third-order valence-corrected chi connectivity index (χ3v) is 7.19. The minimum atomic E-state index is -0.563. The number of methoxy groups -OCH3 is 1. The standard InChI is InChI=1S/C21H17BrN2O3S2/c1-3-14-17(20(26)27-2)18(12-7-5-4-6-8-12)24-19(25)15(29-21(24)23-14)11-13-9-10-16(22)28-13/h4-11,18H,3H2,1-2H3/b15-11-/t18-/m1/s1. The van der Waals surface area contributed by atoms with E-state index in [1.54, 1.807) is 15.9 Å². The van der Waals surface area contributed by atoms with Gasteiger partial charge in [-0.25, -0.2) is 9.79 Å². The van der Waals surface area contributed by atoms with E-state index in [1.165, 1.54) is 18.4 Å². The molecule has 0 bridgehead atoms. The van der Waals surface area contributed by atoms with Gasteiger partial charge in [-0.3, -0.25) is 9.36 Å². The van der Waals surface area contributed by atoms with E-state index in [-0.39, 0.29) is 5.56 Å². The SMILES string of the molecule is CCC1=C(C(=O)OC)[C@@H](c2ccccc2)n2c(s/c(=C\c3ccc(Br)s3)c2=O)=N1. The van der Waals surface area contributed by atoms with Gasteiger partial charge in [0.25, 0.3) is 5.56 Å². The van der Waals surface area contributed by atoms with Crippen LogP contribution in [-0.2, 0) is 9.53 Å². The van der Waals surface area contributed by atoms with Gasteiger partial charge in [0.1, 0.15) is 0 Å². The zero-order valence-electron chi connectivity index (χ0n) is 15.7. The van der Waals surface area contributed by atoms with Crippen molar-refractivity contribution in [2.24, 2.45) is 4.99 Å². The van der Waals surface area contributed by atoms with Crippen LogP contribution in [0.15, 0.2) is 67.3 Å². The van der Waals surface area contributed by atoms with E-state index in [0.717, 1.165) is 14.2 Å². The Labute approximate surface area is 183 Å². The van der Waals surface area contributed by atoms with Gasteiger partial charge >= 0.3 is 5.97 Å². The number of benzene rings is 1. The molecule has 4 rings (SSSR count). The first-order valence-corrected chi connectivity index (χ1v) is 11.4. The van der Waals surface area contributed by atoms with Crippen molar-refractivity contribution >= 4 is 50.6 Å². The number of hydrogen-bond acceptors (Lipinski definition) is 6. The molecule has 0 saturated heterocycles. The van der Waals surface area contributed by atoms with Crippen molar-refractivity contribution in [3.8, 4) is 0 Å². The first kappa shape index (κ1) is 20.0. The molecular formula is C21H17BrN2O3S2. The van der Waals surface area contributed by atoms with E-state index < -0.39 is 12.0 Å². The molecule has 0 spiro atoms. The number of allylic oxidation sites excluding steroid dienone is 1. The predicted molar refractivity (Wildman–Crippen MR) is 119 cm³/mol. The van der Waals surface area contributed by atoms with Crippen molar-refractivity contribution in [3.05, 3.63) is 87.6 Å². The number of rotatable bonds is 4. The molecule has 0 N–H and O–H groups in total. The molecule has 0 amide bonds. The molecule has 3 aromatic rings. The molecule has 2 aromatic heterocycles. The summed E-state index contributed by atoms with van der Waals surface area (Å²) in [4.78, 5) is 32.3. The maximum atomic E-state index is 13.4. The van der Waals surface area contributed by atoms with Crippen molar-refractivity contribution in [3.63, 3.8) is 0 Å². The Morgan fingerprint density at radius 3 is 2.62 bits per heavy atom. The molecule has 1 aliphatic heterocycles. The van der Waals surface area contributed by atoms with Crippen molar-refractivity contribution in [1.29, 1.82) is 0 Å².